The third-order valence-corrected chi connectivity index (χ3v) is 5.32. The molecule has 0 saturated carbocycles. The van der Waals surface area contributed by atoms with Crippen molar-refractivity contribution in [2.75, 3.05) is 20.2 Å². The maximum atomic E-state index is 5.88. The Labute approximate surface area is 165 Å². The summed E-state index contributed by atoms with van der Waals surface area (Å²) in [4.78, 5) is 10.4. The monoisotopic (exact) mass is 388 g/mol. The molecule has 1 aromatic carbocycles. The Kier molecular flexibility index (Phi) is 6.55. The summed E-state index contributed by atoms with van der Waals surface area (Å²) in [5.74, 6) is 2.61. The van der Waals surface area contributed by atoms with Crippen LogP contribution in [-0.2, 0) is 19.4 Å². The number of guanidine groups is 1. The van der Waals surface area contributed by atoms with Gasteiger partial charge in [-0.1, -0.05) is 0 Å². The predicted octanol–water partition coefficient (Wildman–Crippen LogP) is 3.08. The second-order valence-corrected chi connectivity index (χ2v) is 7.96. The zero-order valence-electron chi connectivity index (χ0n) is 16.5. The fourth-order valence-corrected chi connectivity index (χ4v) is 3.89. The van der Waals surface area contributed by atoms with Crippen LogP contribution in [0.5, 0.6) is 11.5 Å². The maximum absolute atomic E-state index is 5.88. The molecule has 0 saturated heterocycles. The van der Waals surface area contributed by atoms with Gasteiger partial charge in [0.2, 0.25) is 0 Å². The van der Waals surface area contributed by atoms with E-state index in [1.54, 1.807) is 18.4 Å². The summed E-state index contributed by atoms with van der Waals surface area (Å²) in [5.41, 5.74) is 2.23. The molecule has 0 spiro atoms. The van der Waals surface area contributed by atoms with Gasteiger partial charge in [-0.3, -0.25) is 0 Å². The number of nitrogens with zero attached hydrogens (tertiary/aromatic N) is 2. The fourth-order valence-electron chi connectivity index (χ4n) is 3.11. The van der Waals surface area contributed by atoms with Gasteiger partial charge in [-0.05, 0) is 32.9 Å². The molecule has 1 unspecified atom stereocenters. The largest absolute Gasteiger partial charge is 0.496 e. The number of hydrogen-bond donors (Lipinski definition) is 2. The molecule has 7 heteroatoms. The lowest BCUT2D eigenvalue weighted by Crippen LogP contribution is -2.38. The van der Waals surface area contributed by atoms with Crippen LogP contribution in [-0.4, -0.2) is 37.2 Å². The molecule has 1 aliphatic heterocycles. The van der Waals surface area contributed by atoms with Crippen molar-refractivity contribution in [3.8, 4) is 11.5 Å². The number of thiazole rings is 1. The van der Waals surface area contributed by atoms with E-state index in [0.717, 1.165) is 54.0 Å². The molecule has 2 aromatic rings. The van der Waals surface area contributed by atoms with E-state index in [-0.39, 0.29) is 6.10 Å². The molecular weight excluding hydrogens is 360 g/mol. The lowest BCUT2D eigenvalue weighted by atomic mass is 10.1. The molecule has 146 valence electrons. The number of aromatic nitrogens is 1. The number of benzene rings is 1. The number of aliphatic imine (C=N–C) groups is 1. The van der Waals surface area contributed by atoms with Crippen molar-refractivity contribution in [2.24, 2.45) is 4.99 Å². The van der Waals surface area contributed by atoms with E-state index in [4.69, 9.17) is 14.5 Å². The Morgan fingerprint density at radius 1 is 1.41 bits per heavy atom. The van der Waals surface area contributed by atoms with Crippen LogP contribution < -0.4 is 20.1 Å². The van der Waals surface area contributed by atoms with Gasteiger partial charge >= 0.3 is 0 Å². The van der Waals surface area contributed by atoms with Crippen LogP contribution in [0.3, 0.4) is 0 Å². The van der Waals surface area contributed by atoms with Crippen LogP contribution >= 0.6 is 11.3 Å². The Morgan fingerprint density at radius 3 is 2.96 bits per heavy atom. The van der Waals surface area contributed by atoms with Gasteiger partial charge in [0.25, 0.3) is 0 Å². The van der Waals surface area contributed by atoms with E-state index >= 15 is 0 Å². The van der Waals surface area contributed by atoms with E-state index < -0.39 is 0 Å². The second-order valence-electron chi connectivity index (χ2n) is 6.64. The number of ether oxygens (including phenoxy) is 2. The minimum Gasteiger partial charge on any atom is -0.496 e. The van der Waals surface area contributed by atoms with E-state index in [9.17, 15) is 0 Å². The maximum Gasteiger partial charge on any atom is 0.191 e. The molecule has 0 fully saturated rings. The zero-order valence-corrected chi connectivity index (χ0v) is 17.3. The highest BCUT2D eigenvalue weighted by atomic mass is 32.1. The quantitative estimate of drug-likeness (QED) is 0.564. The SMILES string of the molecule is CCNC(=NCc1cc2c(cc1OC)CC(C)O2)NCCc1ncc(C)s1. The molecular formula is C20H28N4O2S. The second kappa shape index (κ2) is 9.08. The minimum absolute atomic E-state index is 0.219. The van der Waals surface area contributed by atoms with Gasteiger partial charge in [-0.15, -0.1) is 11.3 Å². The smallest absolute Gasteiger partial charge is 0.191 e. The third kappa shape index (κ3) is 5.13. The molecule has 6 nitrogen and oxygen atoms in total. The third-order valence-electron chi connectivity index (χ3n) is 4.35. The van der Waals surface area contributed by atoms with Crippen molar-refractivity contribution < 1.29 is 9.47 Å². The highest BCUT2D eigenvalue weighted by molar-refractivity contribution is 7.11. The normalized spacial score (nSPS) is 16.0. The first-order chi connectivity index (χ1) is 13.1. The van der Waals surface area contributed by atoms with Crippen LogP contribution in [0.2, 0.25) is 0 Å². The standard InChI is InChI=1S/C20H28N4O2S/c1-5-21-20(22-7-6-19-23-11-14(3)27-19)24-12-16-10-18-15(8-13(2)26-18)9-17(16)25-4/h9-11,13H,5-8,12H2,1-4H3,(H2,21,22,24). The van der Waals surface area contributed by atoms with Gasteiger partial charge in [0, 0.05) is 48.1 Å². The van der Waals surface area contributed by atoms with Crippen LogP contribution in [0.15, 0.2) is 23.3 Å². The number of fused-ring (bicyclic) bond motifs is 1. The first-order valence-corrected chi connectivity index (χ1v) is 10.2. The van der Waals surface area contributed by atoms with Crippen molar-refractivity contribution in [3.63, 3.8) is 0 Å². The summed E-state index contributed by atoms with van der Waals surface area (Å²) < 4.78 is 11.4. The molecule has 0 amide bonds. The average molecular weight is 389 g/mol. The molecule has 2 heterocycles. The van der Waals surface area contributed by atoms with Crippen molar-refractivity contribution >= 4 is 17.3 Å². The van der Waals surface area contributed by atoms with E-state index in [1.165, 1.54) is 10.4 Å². The van der Waals surface area contributed by atoms with Crippen LogP contribution in [0, 0.1) is 6.92 Å². The lowest BCUT2D eigenvalue weighted by molar-refractivity contribution is 0.254. The molecule has 1 atom stereocenters. The Balaban J connectivity index is 1.64. The highest BCUT2D eigenvalue weighted by Gasteiger charge is 2.21. The molecule has 0 bridgehead atoms. The van der Waals surface area contributed by atoms with Gasteiger partial charge in [0.15, 0.2) is 5.96 Å². The number of nitrogens with one attached hydrogen (secondary N) is 2. The van der Waals surface area contributed by atoms with E-state index in [0.29, 0.717) is 6.54 Å². The van der Waals surface area contributed by atoms with Crippen LogP contribution in [0.4, 0.5) is 0 Å². The molecule has 27 heavy (non-hydrogen) atoms. The van der Waals surface area contributed by atoms with Gasteiger partial charge in [-0.25, -0.2) is 9.98 Å². The van der Waals surface area contributed by atoms with Gasteiger partial charge in [-0.2, -0.15) is 0 Å². The lowest BCUT2D eigenvalue weighted by Gasteiger charge is -2.13. The Bertz CT molecular complexity index is 803. The summed E-state index contributed by atoms with van der Waals surface area (Å²) >= 11 is 1.74. The topological polar surface area (TPSA) is 67.8 Å². The Hall–Kier alpha value is -2.28. The fraction of sp³-hybridized carbons (Fsp3) is 0.500. The van der Waals surface area contributed by atoms with Crippen molar-refractivity contribution in [3.05, 3.63) is 39.3 Å². The van der Waals surface area contributed by atoms with Crippen LogP contribution in [0.25, 0.3) is 0 Å². The van der Waals surface area contributed by atoms with Crippen LogP contribution in [0.1, 0.15) is 34.9 Å². The number of methoxy groups -OCH3 is 1. The Morgan fingerprint density at radius 2 is 2.26 bits per heavy atom. The first-order valence-electron chi connectivity index (χ1n) is 9.39. The zero-order chi connectivity index (χ0) is 19.2. The molecule has 1 aromatic heterocycles. The summed E-state index contributed by atoms with van der Waals surface area (Å²) in [6.45, 7) is 8.35. The molecule has 1 aliphatic rings. The number of rotatable bonds is 7. The van der Waals surface area contributed by atoms with E-state index in [2.05, 4.69) is 48.5 Å². The number of hydrogen-bond acceptors (Lipinski definition) is 5. The minimum atomic E-state index is 0.219. The molecule has 3 rings (SSSR count). The van der Waals surface area contributed by atoms with Crippen molar-refractivity contribution in [1.29, 1.82) is 0 Å². The summed E-state index contributed by atoms with van der Waals surface area (Å²) in [6.07, 6.45) is 3.95. The summed E-state index contributed by atoms with van der Waals surface area (Å²) in [6, 6.07) is 4.14. The van der Waals surface area contributed by atoms with Gasteiger partial charge in [0.05, 0.1) is 18.7 Å². The predicted molar refractivity (Wildman–Crippen MR) is 110 cm³/mol. The first kappa shape index (κ1) is 19.5. The average Bonchev–Trinajstić information content (AvgIpc) is 3.22. The van der Waals surface area contributed by atoms with Crippen molar-refractivity contribution in [2.45, 2.75) is 46.3 Å². The van der Waals surface area contributed by atoms with E-state index in [1.807, 2.05) is 6.20 Å². The molecule has 2 N–H and O–H groups in total. The van der Waals surface area contributed by atoms with Gasteiger partial charge in [0.1, 0.15) is 17.6 Å². The molecule has 0 aliphatic carbocycles. The summed E-state index contributed by atoms with van der Waals surface area (Å²) in [7, 11) is 1.70. The summed E-state index contributed by atoms with van der Waals surface area (Å²) in [5, 5.41) is 7.81. The highest BCUT2D eigenvalue weighted by Crippen LogP contribution is 2.35. The molecule has 0 radical (unpaired) electrons. The van der Waals surface area contributed by atoms with Crippen molar-refractivity contribution in [1.82, 2.24) is 15.6 Å². The van der Waals surface area contributed by atoms with Gasteiger partial charge < -0.3 is 20.1 Å². The number of aryl methyl sites for hydroxylation is 1.